The summed E-state index contributed by atoms with van der Waals surface area (Å²) in [6, 6.07) is 18.3. The largest absolute Gasteiger partial charge is 0.487 e. The number of para-hydroxylation sites is 1. The zero-order valence-corrected chi connectivity index (χ0v) is 22.1. The number of carbonyl (C=O) groups is 1. The zero-order valence-electron chi connectivity index (χ0n) is 17.7. The number of hydrogen-bond donors (Lipinski definition) is 0. The Hall–Kier alpha value is -1.94. The first-order valence-corrected chi connectivity index (χ1v) is 12.5. The highest BCUT2D eigenvalue weighted by Gasteiger charge is 2.32. The smallest absolute Gasteiger partial charge is 0.259 e. The molecule has 1 aliphatic rings. The number of ether oxygens (including phenoxy) is 1. The van der Waals surface area contributed by atoms with Gasteiger partial charge < -0.3 is 9.64 Å². The van der Waals surface area contributed by atoms with E-state index in [1.807, 2.05) is 47.4 Å². The Kier molecular flexibility index (Phi) is 7.19. The zero-order chi connectivity index (χ0) is 22.8. The summed E-state index contributed by atoms with van der Waals surface area (Å²) >= 11 is 4.51. The van der Waals surface area contributed by atoms with Crippen molar-refractivity contribution in [2.75, 3.05) is 11.4 Å². The fourth-order valence-electron chi connectivity index (χ4n) is 3.70. The van der Waals surface area contributed by atoms with Gasteiger partial charge in [0.05, 0.1) is 12.8 Å². The summed E-state index contributed by atoms with van der Waals surface area (Å²) in [5.74, 6) is 0.954. The molecule has 3 aromatic rings. The van der Waals surface area contributed by atoms with E-state index >= 15 is 0 Å². The highest BCUT2D eigenvalue weighted by molar-refractivity contribution is 14.1. The summed E-state index contributed by atoms with van der Waals surface area (Å²) in [6.07, 6.45) is 1.97. The van der Waals surface area contributed by atoms with Crippen LogP contribution >= 0.6 is 45.2 Å². The van der Waals surface area contributed by atoms with Crippen LogP contribution in [0.25, 0.3) is 11.6 Å². The van der Waals surface area contributed by atoms with E-state index < -0.39 is 0 Å². The number of nitrogens with zero attached hydrogens (tertiary/aromatic N) is 1. The van der Waals surface area contributed by atoms with Crippen molar-refractivity contribution in [3.63, 3.8) is 0 Å². The Balaban J connectivity index is 1.62. The summed E-state index contributed by atoms with van der Waals surface area (Å²) in [5, 5.41) is 0. The van der Waals surface area contributed by atoms with Crippen molar-refractivity contribution in [1.29, 1.82) is 0 Å². The van der Waals surface area contributed by atoms with Crippen molar-refractivity contribution in [2.45, 2.75) is 20.5 Å². The predicted octanol–water partition coefficient (Wildman–Crippen LogP) is 7.16. The van der Waals surface area contributed by atoms with E-state index in [4.69, 9.17) is 4.74 Å². The average Bonchev–Trinajstić information content (AvgIpc) is 3.00. The van der Waals surface area contributed by atoms with Crippen LogP contribution in [0.3, 0.4) is 0 Å². The molecular weight excluding hydrogens is 631 g/mol. The van der Waals surface area contributed by atoms with Gasteiger partial charge >= 0.3 is 0 Å². The molecular formula is C26H22FI2NO2. The van der Waals surface area contributed by atoms with Crippen molar-refractivity contribution in [3.05, 3.63) is 90.3 Å². The highest BCUT2D eigenvalue weighted by atomic mass is 127. The quantitative estimate of drug-likeness (QED) is 0.209. The Morgan fingerprint density at radius 2 is 1.69 bits per heavy atom. The first-order valence-electron chi connectivity index (χ1n) is 10.3. The lowest BCUT2D eigenvalue weighted by atomic mass is 10.0. The van der Waals surface area contributed by atoms with Crippen molar-refractivity contribution in [3.8, 4) is 5.75 Å². The van der Waals surface area contributed by atoms with Crippen molar-refractivity contribution < 1.29 is 13.9 Å². The number of hydrogen-bond acceptors (Lipinski definition) is 2. The summed E-state index contributed by atoms with van der Waals surface area (Å²) < 4.78 is 21.1. The van der Waals surface area contributed by atoms with Crippen LogP contribution in [0.2, 0.25) is 0 Å². The number of anilines is 1. The lowest BCUT2D eigenvalue weighted by molar-refractivity contribution is -0.113. The van der Waals surface area contributed by atoms with Crippen molar-refractivity contribution in [1.82, 2.24) is 0 Å². The SMILES string of the molecule is CC(C)CN1C(=O)/C(=C\c2cc(I)c(OCc3ccc(F)cc3)c(I)c2)c2ccccc21. The number of fused-ring (bicyclic) bond motifs is 1. The molecule has 0 aliphatic carbocycles. The van der Waals surface area contributed by atoms with E-state index in [9.17, 15) is 9.18 Å². The fraction of sp³-hybridized carbons (Fsp3) is 0.192. The van der Waals surface area contributed by atoms with E-state index in [1.54, 1.807) is 12.1 Å². The van der Waals surface area contributed by atoms with Crippen LogP contribution in [0.4, 0.5) is 10.1 Å². The van der Waals surface area contributed by atoms with Crippen molar-refractivity contribution in [2.24, 2.45) is 5.92 Å². The summed E-state index contributed by atoms with van der Waals surface area (Å²) in [7, 11) is 0. The van der Waals surface area contributed by atoms with Gasteiger partial charge in [-0.15, -0.1) is 0 Å². The second-order valence-electron chi connectivity index (χ2n) is 8.11. The van der Waals surface area contributed by atoms with E-state index in [-0.39, 0.29) is 11.7 Å². The van der Waals surface area contributed by atoms with Gasteiger partial charge in [0.15, 0.2) is 0 Å². The minimum absolute atomic E-state index is 0.0431. The first-order chi connectivity index (χ1) is 15.3. The van der Waals surface area contributed by atoms with E-state index in [1.165, 1.54) is 12.1 Å². The second-order valence-corrected chi connectivity index (χ2v) is 10.4. The molecule has 4 rings (SSSR count). The Labute approximate surface area is 214 Å². The third-order valence-electron chi connectivity index (χ3n) is 5.14. The monoisotopic (exact) mass is 653 g/mol. The Morgan fingerprint density at radius 1 is 1.03 bits per heavy atom. The summed E-state index contributed by atoms with van der Waals surface area (Å²) in [6.45, 7) is 5.29. The molecule has 3 aromatic carbocycles. The van der Waals surface area contributed by atoms with Crippen LogP contribution in [0, 0.1) is 18.9 Å². The molecule has 0 atom stereocenters. The van der Waals surface area contributed by atoms with Gasteiger partial charge in [-0.3, -0.25) is 4.79 Å². The van der Waals surface area contributed by atoms with Gasteiger partial charge in [0, 0.05) is 17.7 Å². The lowest BCUT2D eigenvalue weighted by Gasteiger charge is -2.19. The minimum Gasteiger partial charge on any atom is -0.487 e. The maximum absolute atomic E-state index is 13.2. The molecule has 0 unspecified atom stereocenters. The van der Waals surface area contributed by atoms with Gasteiger partial charge in [0.2, 0.25) is 0 Å². The lowest BCUT2D eigenvalue weighted by Crippen LogP contribution is -2.30. The number of benzene rings is 3. The van der Waals surface area contributed by atoms with Crippen LogP contribution in [0.1, 0.15) is 30.5 Å². The molecule has 164 valence electrons. The molecule has 0 bridgehead atoms. The van der Waals surface area contributed by atoms with E-state index in [0.717, 1.165) is 35.3 Å². The average molecular weight is 653 g/mol. The molecule has 1 aliphatic heterocycles. The van der Waals surface area contributed by atoms with Gasteiger partial charge in [-0.05, 0) is 98.6 Å². The van der Waals surface area contributed by atoms with E-state index in [0.29, 0.717) is 24.6 Å². The van der Waals surface area contributed by atoms with Crippen LogP contribution < -0.4 is 9.64 Å². The topological polar surface area (TPSA) is 29.5 Å². The highest BCUT2D eigenvalue weighted by Crippen LogP contribution is 2.39. The molecule has 3 nitrogen and oxygen atoms in total. The first kappa shape index (κ1) is 23.2. The number of carbonyl (C=O) groups excluding carboxylic acids is 1. The number of rotatable bonds is 6. The predicted molar refractivity (Wildman–Crippen MR) is 144 cm³/mol. The molecule has 0 saturated carbocycles. The molecule has 1 heterocycles. The molecule has 6 heteroatoms. The van der Waals surface area contributed by atoms with Gasteiger partial charge in [0.1, 0.15) is 18.2 Å². The second kappa shape index (κ2) is 9.91. The third-order valence-corrected chi connectivity index (χ3v) is 6.74. The van der Waals surface area contributed by atoms with Crippen LogP contribution in [0.15, 0.2) is 60.7 Å². The van der Waals surface area contributed by atoms with Gasteiger partial charge in [-0.2, -0.15) is 0 Å². The maximum Gasteiger partial charge on any atom is 0.259 e. The van der Waals surface area contributed by atoms with E-state index in [2.05, 4.69) is 59.0 Å². The molecule has 0 spiro atoms. The molecule has 0 N–H and O–H groups in total. The number of amides is 1. The fourth-order valence-corrected chi connectivity index (χ4v) is 5.82. The van der Waals surface area contributed by atoms with Crippen LogP contribution in [-0.2, 0) is 11.4 Å². The van der Waals surface area contributed by atoms with Crippen molar-refractivity contribution >= 4 is 68.4 Å². The molecule has 32 heavy (non-hydrogen) atoms. The third kappa shape index (κ3) is 5.01. The van der Waals surface area contributed by atoms with Gasteiger partial charge in [0.25, 0.3) is 5.91 Å². The molecule has 0 radical (unpaired) electrons. The van der Waals surface area contributed by atoms with Gasteiger partial charge in [-0.1, -0.05) is 44.2 Å². The van der Waals surface area contributed by atoms with Gasteiger partial charge in [-0.25, -0.2) is 4.39 Å². The summed E-state index contributed by atoms with van der Waals surface area (Å²) in [5.41, 5.74) is 4.52. The normalized spacial score (nSPS) is 14.4. The molecule has 0 saturated heterocycles. The van der Waals surface area contributed by atoms with Crippen LogP contribution in [0.5, 0.6) is 5.75 Å². The Bertz CT molecular complexity index is 1170. The molecule has 0 aromatic heterocycles. The Morgan fingerprint density at radius 3 is 2.34 bits per heavy atom. The maximum atomic E-state index is 13.2. The molecule has 1 amide bonds. The molecule has 0 fully saturated rings. The minimum atomic E-state index is -0.259. The van der Waals surface area contributed by atoms with Crippen LogP contribution in [-0.4, -0.2) is 12.5 Å². The standard InChI is InChI=1S/C26H22FI2NO2/c1-16(2)14-30-24-6-4-3-5-20(24)21(26(30)31)11-18-12-22(28)25(23(29)13-18)32-15-17-7-9-19(27)10-8-17/h3-13,16H,14-15H2,1-2H3/b21-11-. The number of halogens is 3. The summed E-state index contributed by atoms with van der Waals surface area (Å²) in [4.78, 5) is 15.1.